The molecule has 0 fully saturated rings. The number of benzene rings is 3. The van der Waals surface area contributed by atoms with Gasteiger partial charge in [0.2, 0.25) is 0 Å². The van der Waals surface area contributed by atoms with E-state index in [9.17, 15) is 15.2 Å². The molecule has 0 radical (unpaired) electrons. The van der Waals surface area contributed by atoms with Crippen LogP contribution in [0.5, 0.6) is 0 Å². The summed E-state index contributed by atoms with van der Waals surface area (Å²) < 4.78 is 2.25. The molecule has 0 aliphatic heterocycles. The maximum absolute atomic E-state index is 11.7. The summed E-state index contributed by atoms with van der Waals surface area (Å²) >= 11 is 3.42. The SMILES string of the molecule is CCCCCCc1cc(-c2sc(/C=C(/C#N)C(=O)O)cc2CCCCCC)sc1-c1ccc(-c2nc3ccccc3n2-c2ccc(C)cc2)cc1. The van der Waals surface area contributed by atoms with Crippen LogP contribution in [0.15, 0.2) is 90.5 Å². The van der Waals surface area contributed by atoms with Crippen molar-refractivity contribution in [1.82, 2.24) is 9.55 Å². The molecule has 6 rings (SSSR count). The van der Waals surface area contributed by atoms with Crippen LogP contribution in [0, 0.1) is 18.3 Å². The number of aromatic nitrogens is 2. The van der Waals surface area contributed by atoms with E-state index in [-0.39, 0.29) is 5.57 Å². The molecule has 1 N–H and O–H groups in total. The van der Waals surface area contributed by atoms with E-state index in [4.69, 9.17) is 4.98 Å². The molecule has 7 heteroatoms. The molecule has 0 atom stereocenters. The van der Waals surface area contributed by atoms with Gasteiger partial charge >= 0.3 is 5.97 Å². The first-order chi connectivity index (χ1) is 24.9. The first-order valence-electron chi connectivity index (χ1n) is 18.2. The lowest BCUT2D eigenvalue weighted by atomic mass is 10.0. The Bertz CT molecular complexity index is 2180. The van der Waals surface area contributed by atoms with Gasteiger partial charge in [-0.25, -0.2) is 9.78 Å². The summed E-state index contributed by atoms with van der Waals surface area (Å²) in [6, 6.07) is 32.1. The number of carbonyl (C=O) groups is 1. The Labute approximate surface area is 309 Å². The average molecular weight is 712 g/mol. The van der Waals surface area contributed by atoms with Crippen molar-refractivity contribution in [3.8, 4) is 43.3 Å². The summed E-state index contributed by atoms with van der Waals surface area (Å²) in [4.78, 5) is 21.3. The van der Waals surface area contributed by atoms with Gasteiger partial charge in [0.1, 0.15) is 17.5 Å². The number of imidazole rings is 1. The van der Waals surface area contributed by atoms with Crippen molar-refractivity contribution in [2.24, 2.45) is 0 Å². The van der Waals surface area contributed by atoms with Crippen LogP contribution in [0.4, 0.5) is 0 Å². The second-order valence-corrected chi connectivity index (χ2v) is 15.4. The number of carboxylic acids is 1. The molecule has 3 aromatic carbocycles. The molecule has 51 heavy (non-hydrogen) atoms. The highest BCUT2D eigenvalue weighted by Gasteiger charge is 2.20. The molecule has 0 bridgehead atoms. The van der Waals surface area contributed by atoms with Crippen LogP contribution in [0.2, 0.25) is 0 Å². The van der Waals surface area contributed by atoms with Crippen molar-refractivity contribution >= 4 is 45.8 Å². The van der Waals surface area contributed by atoms with Gasteiger partial charge in [-0.1, -0.05) is 106 Å². The number of nitriles is 1. The molecule has 3 aromatic heterocycles. The van der Waals surface area contributed by atoms with E-state index >= 15 is 0 Å². The van der Waals surface area contributed by atoms with E-state index in [1.807, 2.05) is 23.5 Å². The molecule has 0 spiro atoms. The highest BCUT2D eigenvalue weighted by atomic mass is 32.1. The molecule has 0 amide bonds. The molecular weight excluding hydrogens is 667 g/mol. The van der Waals surface area contributed by atoms with Crippen LogP contribution >= 0.6 is 22.7 Å². The lowest BCUT2D eigenvalue weighted by Crippen LogP contribution is -1.97. The third-order valence-electron chi connectivity index (χ3n) is 9.36. The zero-order valence-corrected chi connectivity index (χ0v) is 31.4. The molecule has 0 aliphatic rings. The van der Waals surface area contributed by atoms with Gasteiger partial charge in [0.05, 0.1) is 11.0 Å². The van der Waals surface area contributed by atoms with E-state index < -0.39 is 5.97 Å². The van der Waals surface area contributed by atoms with Crippen molar-refractivity contribution in [3.63, 3.8) is 0 Å². The maximum Gasteiger partial charge on any atom is 0.346 e. The third-order valence-corrected chi connectivity index (χ3v) is 11.9. The fourth-order valence-corrected chi connectivity index (χ4v) is 9.11. The lowest BCUT2D eigenvalue weighted by Gasteiger charge is -2.11. The number of unbranched alkanes of at least 4 members (excludes halogenated alkanes) is 6. The Balaban J connectivity index is 1.40. The summed E-state index contributed by atoms with van der Waals surface area (Å²) in [6.45, 7) is 6.57. The van der Waals surface area contributed by atoms with E-state index in [0.717, 1.165) is 65.1 Å². The predicted octanol–water partition coefficient (Wildman–Crippen LogP) is 12.7. The number of aryl methyl sites for hydroxylation is 3. The summed E-state index contributed by atoms with van der Waals surface area (Å²) in [5.41, 5.74) is 8.98. The van der Waals surface area contributed by atoms with Crippen LogP contribution in [-0.4, -0.2) is 20.6 Å². The zero-order chi connectivity index (χ0) is 35.7. The van der Waals surface area contributed by atoms with E-state index in [0.29, 0.717) is 0 Å². The summed E-state index contributed by atoms with van der Waals surface area (Å²) in [7, 11) is 0. The van der Waals surface area contributed by atoms with Gasteiger partial charge in [0.25, 0.3) is 0 Å². The van der Waals surface area contributed by atoms with Gasteiger partial charge in [0, 0.05) is 30.8 Å². The fraction of sp³-hybridized carbons (Fsp3) is 0.295. The quantitative estimate of drug-likeness (QED) is 0.0616. The number of thiophene rings is 2. The number of fused-ring (bicyclic) bond motifs is 1. The predicted molar refractivity (Wildman–Crippen MR) is 215 cm³/mol. The molecular formula is C44H45N3O2S2. The molecule has 0 saturated heterocycles. The number of carboxylic acid groups (broad SMARTS) is 1. The highest BCUT2D eigenvalue weighted by Crippen LogP contribution is 2.44. The van der Waals surface area contributed by atoms with Crippen LogP contribution < -0.4 is 0 Å². The molecule has 6 aromatic rings. The fourth-order valence-electron chi connectivity index (χ4n) is 6.60. The number of aliphatic carboxylic acids is 1. The van der Waals surface area contributed by atoms with Gasteiger partial charge in [-0.15, -0.1) is 22.7 Å². The molecule has 3 heterocycles. The van der Waals surface area contributed by atoms with Crippen LogP contribution in [0.3, 0.4) is 0 Å². The second kappa shape index (κ2) is 17.0. The molecule has 5 nitrogen and oxygen atoms in total. The number of rotatable bonds is 16. The number of hydrogen-bond donors (Lipinski definition) is 1. The van der Waals surface area contributed by atoms with Crippen molar-refractivity contribution in [3.05, 3.63) is 112 Å². The lowest BCUT2D eigenvalue weighted by molar-refractivity contribution is -0.132. The highest BCUT2D eigenvalue weighted by molar-refractivity contribution is 7.24. The number of hydrogen-bond acceptors (Lipinski definition) is 5. The third kappa shape index (κ3) is 8.41. The Hall–Kier alpha value is -4.77. The van der Waals surface area contributed by atoms with Gasteiger partial charge in [-0.2, -0.15) is 5.26 Å². The van der Waals surface area contributed by atoms with Crippen LogP contribution in [-0.2, 0) is 17.6 Å². The van der Waals surface area contributed by atoms with Crippen molar-refractivity contribution in [1.29, 1.82) is 5.26 Å². The van der Waals surface area contributed by atoms with Crippen molar-refractivity contribution in [2.75, 3.05) is 0 Å². The number of nitrogens with zero attached hydrogens (tertiary/aromatic N) is 3. The minimum absolute atomic E-state index is 0.236. The normalized spacial score (nSPS) is 11.7. The minimum atomic E-state index is -1.19. The maximum atomic E-state index is 11.7. The minimum Gasteiger partial charge on any atom is -0.477 e. The molecule has 260 valence electrons. The molecule has 0 saturated carbocycles. The Morgan fingerprint density at radius 3 is 2.10 bits per heavy atom. The van der Waals surface area contributed by atoms with Gasteiger partial charge < -0.3 is 5.11 Å². The second-order valence-electron chi connectivity index (χ2n) is 13.2. The molecule has 0 unspecified atom stereocenters. The Kier molecular flexibility index (Phi) is 12.0. The largest absolute Gasteiger partial charge is 0.477 e. The Morgan fingerprint density at radius 1 is 0.804 bits per heavy atom. The van der Waals surface area contributed by atoms with E-state index in [1.54, 1.807) is 11.3 Å². The zero-order valence-electron chi connectivity index (χ0n) is 29.7. The van der Waals surface area contributed by atoms with Gasteiger partial charge in [-0.3, -0.25) is 4.57 Å². The summed E-state index contributed by atoms with van der Waals surface area (Å²) in [5.74, 6) is -0.272. The molecule has 0 aliphatic carbocycles. The van der Waals surface area contributed by atoms with Crippen LogP contribution in [0.1, 0.15) is 86.8 Å². The first-order valence-corrected chi connectivity index (χ1v) is 19.8. The van der Waals surface area contributed by atoms with Crippen molar-refractivity contribution < 1.29 is 9.90 Å². The van der Waals surface area contributed by atoms with Crippen molar-refractivity contribution in [2.45, 2.75) is 85.0 Å². The van der Waals surface area contributed by atoms with Gasteiger partial charge in [0.15, 0.2) is 0 Å². The van der Waals surface area contributed by atoms with E-state index in [2.05, 4.69) is 104 Å². The monoisotopic (exact) mass is 711 g/mol. The number of para-hydroxylation sites is 2. The van der Waals surface area contributed by atoms with E-state index in [1.165, 1.54) is 75.1 Å². The first kappa shape index (κ1) is 36.0. The smallest absolute Gasteiger partial charge is 0.346 e. The summed E-state index contributed by atoms with van der Waals surface area (Å²) in [5, 5.41) is 19.0. The topological polar surface area (TPSA) is 78.9 Å². The average Bonchev–Trinajstić information content (AvgIpc) is 3.86. The van der Waals surface area contributed by atoms with Crippen LogP contribution in [0.25, 0.3) is 54.4 Å². The standard InChI is InChI=1S/C44H45N3O2S2/c1-4-6-8-10-14-33-26-37(27-35(29-45)44(48)49)50-42(33)40-28-34(15-11-9-7-5-2)41(51-40)31-20-22-32(23-21-31)43-46-38-16-12-13-17-39(38)47(43)36-24-18-30(3)19-25-36/h12-13,16-28H,4-11,14-15H2,1-3H3,(H,48,49)/b35-27-. The van der Waals surface area contributed by atoms with Gasteiger partial charge in [-0.05, 0) is 91.8 Å². The summed E-state index contributed by atoms with van der Waals surface area (Å²) in [6.07, 6.45) is 12.9. The Morgan fingerprint density at radius 2 is 1.45 bits per heavy atom.